The van der Waals surface area contributed by atoms with Gasteiger partial charge in [-0.15, -0.1) is 0 Å². The van der Waals surface area contributed by atoms with Gasteiger partial charge in [0.25, 0.3) is 5.91 Å². The SMILES string of the molecule is Cc1cccc(OCC(=O)NC(=S)Nc2cc(C(F)(F)F)ccc2N2CCCCC2)c1. The van der Waals surface area contributed by atoms with Crippen molar-refractivity contribution in [2.24, 2.45) is 0 Å². The summed E-state index contributed by atoms with van der Waals surface area (Å²) in [5, 5.41) is 5.13. The number of anilines is 2. The van der Waals surface area contributed by atoms with Gasteiger partial charge >= 0.3 is 6.18 Å². The summed E-state index contributed by atoms with van der Waals surface area (Å²) in [5.41, 5.74) is 1.04. The number of aryl methyl sites for hydroxylation is 1. The number of nitrogens with one attached hydrogen (secondary N) is 2. The number of amides is 1. The number of carbonyl (C=O) groups is 1. The molecule has 0 spiro atoms. The molecule has 0 saturated carbocycles. The largest absolute Gasteiger partial charge is 0.484 e. The van der Waals surface area contributed by atoms with Crippen LogP contribution in [-0.4, -0.2) is 30.7 Å². The first-order valence-corrected chi connectivity index (χ1v) is 10.4. The van der Waals surface area contributed by atoms with Crippen molar-refractivity contribution in [2.45, 2.75) is 32.4 Å². The van der Waals surface area contributed by atoms with Crippen molar-refractivity contribution < 1.29 is 22.7 Å². The Bertz CT molecular complexity index is 944. The van der Waals surface area contributed by atoms with Crippen LogP contribution >= 0.6 is 12.2 Å². The van der Waals surface area contributed by atoms with Gasteiger partial charge in [0.05, 0.1) is 16.9 Å². The van der Waals surface area contributed by atoms with Crippen LogP contribution in [0.5, 0.6) is 5.75 Å². The first kappa shape index (κ1) is 22.9. The Balaban J connectivity index is 1.67. The Hall–Kier alpha value is -2.81. The van der Waals surface area contributed by atoms with E-state index in [2.05, 4.69) is 10.6 Å². The van der Waals surface area contributed by atoms with E-state index in [0.29, 0.717) is 11.4 Å². The molecular formula is C22H24F3N3O2S. The van der Waals surface area contributed by atoms with Crippen LogP contribution in [0, 0.1) is 6.92 Å². The number of alkyl halides is 3. The summed E-state index contributed by atoms with van der Waals surface area (Å²) in [4.78, 5) is 14.2. The molecule has 1 aliphatic rings. The highest BCUT2D eigenvalue weighted by molar-refractivity contribution is 7.80. The molecule has 1 fully saturated rings. The Morgan fingerprint density at radius 1 is 1.13 bits per heavy atom. The number of rotatable bonds is 5. The maximum Gasteiger partial charge on any atom is 0.416 e. The van der Waals surface area contributed by atoms with Gasteiger partial charge in [0.2, 0.25) is 0 Å². The minimum Gasteiger partial charge on any atom is -0.484 e. The second kappa shape index (κ2) is 10.00. The number of hydrogen-bond donors (Lipinski definition) is 2. The van der Waals surface area contributed by atoms with Crippen LogP contribution in [0.25, 0.3) is 0 Å². The van der Waals surface area contributed by atoms with Crippen molar-refractivity contribution in [1.29, 1.82) is 0 Å². The number of hydrogen-bond acceptors (Lipinski definition) is 4. The Kier molecular flexibility index (Phi) is 7.37. The Morgan fingerprint density at radius 3 is 2.55 bits per heavy atom. The average Bonchev–Trinajstić information content (AvgIpc) is 2.72. The molecule has 0 aromatic heterocycles. The van der Waals surface area contributed by atoms with E-state index in [4.69, 9.17) is 17.0 Å². The molecule has 0 radical (unpaired) electrons. The van der Waals surface area contributed by atoms with Gasteiger partial charge in [0.1, 0.15) is 5.75 Å². The van der Waals surface area contributed by atoms with Gasteiger partial charge in [-0.3, -0.25) is 10.1 Å². The third kappa shape index (κ3) is 6.58. The molecule has 1 saturated heterocycles. The summed E-state index contributed by atoms with van der Waals surface area (Å²) >= 11 is 5.16. The smallest absolute Gasteiger partial charge is 0.416 e. The first-order valence-electron chi connectivity index (χ1n) is 9.99. The molecule has 9 heteroatoms. The van der Waals surface area contributed by atoms with Gasteiger partial charge < -0.3 is 15.0 Å². The molecule has 0 atom stereocenters. The summed E-state index contributed by atoms with van der Waals surface area (Å²) in [7, 11) is 0. The fourth-order valence-corrected chi connectivity index (χ4v) is 3.62. The molecule has 0 aliphatic carbocycles. The number of halogens is 3. The van der Waals surface area contributed by atoms with E-state index in [0.717, 1.165) is 50.0 Å². The molecule has 1 aliphatic heterocycles. The van der Waals surface area contributed by atoms with Crippen LogP contribution in [0.4, 0.5) is 24.5 Å². The topological polar surface area (TPSA) is 53.6 Å². The van der Waals surface area contributed by atoms with E-state index >= 15 is 0 Å². The number of piperidine rings is 1. The van der Waals surface area contributed by atoms with Crippen molar-refractivity contribution >= 4 is 34.6 Å². The van der Waals surface area contributed by atoms with Crippen LogP contribution in [0.2, 0.25) is 0 Å². The molecule has 3 rings (SSSR count). The lowest BCUT2D eigenvalue weighted by molar-refractivity contribution is -0.137. The predicted octanol–water partition coefficient (Wildman–Crippen LogP) is 4.90. The molecular weight excluding hydrogens is 427 g/mol. The molecule has 5 nitrogen and oxygen atoms in total. The number of thiocarbonyl (C=S) groups is 1. The number of nitrogens with zero attached hydrogens (tertiary/aromatic N) is 1. The summed E-state index contributed by atoms with van der Waals surface area (Å²) in [6.45, 7) is 3.14. The molecule has 0 bridgehead atoms. The van der Waals surface area contributed by atoms with Crippen molar-refractivity contribution in [3.63, 3.8) is 0 Å². The van der Waals surface area contributed by atoms with E-state index in [9.17, 15) is 18.0 Å². The lowest BCUT2D eigenvalue weighted by Gasteiger charge is -2.31. The summed E-state index contributed by atoms with van der Waals surface area (Å²) in [5.74, 6) is 0.0322. The Labute approximate surface area is 184 Å². The lowest BCUT2D eigenvalue weighted by atomic mass is 10.1. The molecule has 2 N–H and O–H groups in total. The monoisotopic (exact) mass is 451 g/mol. The number of benzene rings is 2. The fraction of sp³-hybridized carbons (Fsp3) is 0.364. The fourth-order valence-electron chi connectivity index (χ4n) is 3.39. The normalized spacial score (nSPS) is 14.1. The molecule has 2 aromatic carbocycles. The van der Waals surface area contributed by atoms with Crippen molar-refractivity contribution in [1.82, 2.24) is 5.32 Å². The quantitative estimate of drug-likeness (QED) is 0.634. The lowest BCUT2D eigenvalue weighted by Crippen LogP contribution is -2.38. The molecule has 1 amide bonds. The first-order chi connectivity index (χ1) is 14.7. The Morgan fingerprint density at radius 2 is 1.87 bits per heavy atom. The standard InChI is InChI=1S/C22H24F3N3O2S/c1-15-6-5-7-17(12-15)30-14-20(29)27-21(31)26-18-13-16(22(23,24)25)8-9-19(18)28-10-3-2-4-11-28/h5-9,12-13H,2-4,10-11,14H2,1H3,(H2,26,27,29,31). The third-order valence-corrected chi connectivity index (χ3v) is 5.09. The number of ether oxygens (including phenoxy) is 1. The van der Waals surface area contributed by atoms with Gasteiger partial charge in [-0.1, -0.05) is 12.1 Å². The second-order valence-corrected chi connectivity index (χ2v) is 7.79. The van der Waals surface area contributed by atoms with Crippen molar-refractivity contribution in [2.75, 3.05) is 29.9 Å². The van der Waals surface area contributed by atoms with E-state index in [1.807, 2.05) is 24.0 Å². The molecule has 31 heavy (non-hydrogen) atoms. The van der Waals surface area contributed by atoms with Crippen LogP contribution < -0.4 is 20.3 Å². The maximum atomic E-state index is 13.2. The molecule has 0 unspecified atom stereocenters. The second-order valence-electron chi connectivity index (χ2n) is 7.38. The summed E-state index contributed by atoms with van der Waals surface area (Å²) < 4.78 is 45.1. The highest BCUT2D eigenvalue weighted by atomic mass is 32.1. The van der Waals surface area contributed by atoms with Gasteiger partial charge in [0.15, 0.2) is 11.7 Å². The molecule has 1 heterocycles. The van der Waals surface area contributed by atoms with Crippen LogP contribution in [-0.2, 0) is 11.0 Å². The highest BCUT2D eigenvalue weighted by Gasteiger charge is 2.31. The van der Waals surface area contributed by atoms with Gasteiger partial charge in [0, 0.05) is 13.1 Å². The van der Waals surface area contributed by atoms with E-state index < -0.39 is 17.6 Å². The van der Waals surface area contributed by atoms with Crippen LogP contribution in [0.1, 0.15) is 30.4 Å². The zero-order valence-corrected chi connectivity index (χ0v) is 17.9. The minimum absolute atomic E-state index is 0.0876. The van der Waals surface area contributed by atoms with Crippen molar-refractivity contribution in [3.8, 4) is 5.75 Å². The third-order valence-electron chi connectivity index (χ3n) is 4.88. The van der Waals surface area contributed by atoms with Gasteiger partial charge in [-0.05, 0) is 74.3 Å². The van der Waals surface area contributed by atoms with E-state index in [1.54, 1.807) is 12.1 Å². The minimum atomic E-state index is -4.48. The predicted molar refractivity (Wildman–Crippen MR) is 119 cm³/mol. The van der Waals surface area contributed by atoms with Gasteiger partial charge in [-0.25, -0.2) is 0 Å². The summed E-state index contributed by atoms with van der Waals surface area (Å²) in [6, 6.07) is 10.8. The zero-order valence-electron chi connectivity index (χ0n) is 17.1. The van der Waals surface area contributed by atoms with E-state index in [1.165, 1.54) is 6.07 Å². The van der Waals surface area contributed by atoms with Crippen LogP contribution in [0.3, 0.4) is 0 Å². The van der Waals surface area contributed by atoms with Crippen LogP contribution in [0.15, 0.2) is 42.5 Å². The highest BCUT2D eigenvalue weighted by Crippen LogP contribution is 2.36. The summed E-state index contributed by atoms with van der Waals surface area (Å²) in [6.07, 6.45) is -1.45. The van der Waals surface area contributed by atoms with Gasteiger partial charge in [-0.2, -0.15) is 13.2 Å². The zero-order chi connectivity index (χ0) is 22.4. The maximum absolute atomic E-state index is 13.2. The molecule has 2 aromatic rings. The average molecular weight is 452 g/mol. The van der Waals surface area contributed by atoms with Crippen molar-refractivity contribution in [3.05, 3.63) is 53.6 Å². The van der Waals surface area contributed by atoms with E-state index in [-0.39, 0.29) is 17.4 Å². The molecule has 166 valence electrons. The number of carbonyl (C=O) groups excluding carboxylic acids is 1.